The highest BCUT2D eigenvalue weighted by molar-refractivity contribution is 9.11. The fourth-order valence-corrected chi connectivity index (χ4v) is 2.94. The lowest BCUT2D eigenvalue weighted by atomic mass is 10.2. The minimum Gasteiger partial charge on any atom is -0.313 e. The van der Waals surface area contributed by atoms with Crippen molar-refractivity contribution in [2.24, 2.45) is 7.05 Å². The molecule has 0 saturated carbocycles. The van der Waals surface area contributed by atoms with Gasteiger partial charge in [-0.2, -0.15) is 0 Å². The molecule has 0 saturated heterocycles. The summed E-state index contributed by atoms with van der Waals surface area (Å²) in [5, 5.41) is 8.15. The van der Waals surface area contributed by atoms with E-state index in [1.54, 1.807) is 0 Å². The Balaban J connectivity index is 2.54. The van der Waals surface area contributed by atoms with Crippen LogP contribution < -0.4 is 0 Å². The molecule has 0 bridgehead atoms. The zero-order valence-electron chi connectivity index (χ0n) is 8.41. The second kappa shape index (κ2) is 4.85. The first-order valence-corrected chi connectivity index (χ1v) is 6.64. The summed E-state index contributed by atoms with van der Waals surface area (Å²) in [6.07, 6.45) is 0. The number of halogens is 3. The maximum atomic E-state index is 5.75. The minimum atomic E-state index is 0.360. The SMILES string of the molecule is Cn1c(CCl)nnc1-c1cc(Br)cc(Br)c1. The Kier molecular flexibility index (Phi) is 3.66. The van der Waals surface area contributed by atoms with Gasteiger partial charge in [0.15, 0.2) is 5.82 Å². The van der Waals surface area contributed by atoms with Crippen molar-refractivity contribution in [3.63, 3.8) is 0 Å². The van der Waals surface area contributed by atoms with E-state index >= 15 is 0 Å². The van der Waals surface area contributed by atoms with Crippen molar-refractivity contribution in [3.8, 4) is 11.4 Å². The zero-order chi connectivity index (χ0) is 11.7. The van der Waals surface area contributed by atoms with Gasteiger partial charge >= 0.3 is 0 Å². The molecule has 6 heteroatoms. The molecule has 0 radical (unpaired) electrons. The average molecular weight is 365 g/mol. The van der Waals surface area contributed by atoms with Gasteiger partial charge in [0.2, 0.25) is 0 Å². The van der Waals surface area contributed by atoms with Crippen molar-refractivity contribution in [2.45, 2.75) is 5.88 Å². The summed E-state index contributed by atoms with van der Waals surface area (Å²) < 4.78 is 3.88. The predicted molar refractivity (Wildman–Crippen MR) is 71.4 cm³/mol. The molecule has 0 N–H and O–H groups in total. The molecule has 0 spiro atoms. The number of hydrogen-bond acceptors (Lipinski definition) is 2. The molecule has 0 atom stereocenters. The summed E-state index contributed by atoms with van der Waals surface area (Å²) in [6, 6.07) is 5.96. The molecule has 16 heavy (non-hydrogen) atoms. The number of aromatic nitrogens is 3. The Morgan fingerprint density at radius 1 is 1.19 bits per heavy atom. The van der Waals surface area contributed by atoms with Gasteiger partial charge in [0.05, 0.1) is 5.88 Å². The maximum absolute atomic E-state index is 5.75. The summed E-state index contributed by atoms with van der Waals surface area (Å²) in [5.74, 6) is 1.92. The third-order valence-corrected chi connectivity index (χ3v) is 3.36. The van der Waals surface area contributed by atoms with Crippen molar-refractivity contribution in [2.75, 3.05) is 0 Å². The summed E-state index contributed by atoms with van der Waals surface area (Å²) in [5.41, 5.74) is 0.993. The second-order valence-electron chi connectivity index (χ2n) is 3.29. The fourth-order valence-electron chi connectivity index (χ4n) is 1.41. The molecule has 3 nitrogen and oxygen atoms in total. The molecular formula is C10H8Br2ClN3. The van der Waals surface area contributed by atoms with Crippen LogP contribution in [0.3, 0.4) is 0 Å². The van der Waals surface area contributed by atoms with Gasteiger partial charge in [-0.15, -0.1) is 21.8 Å². The molecule has 84 valence electrons. The number of alkyl halides is 1. The van der Waals surface area contributed by atoms with Crippen LogP contribution >= 0.6 is 43.5 Å². The number of nitrogens with zero attached hydrogens (tertiary/aromatic N) is 3. The summed E-state index contributed by atoms with van der Waals surface area (Å²) >= 11 is 12.6. The molecule has 1 aromatic heterocycles. The lowest BCUT2D eigenvalue weighted by Gasteiger charge is -2.03. The van der Waals surface area contributed by atoms with Crippen LogP contribution in [0.2, 0.25) is 0 Å². The van der Waals surface area contributed by atoms with Crippen LogP contribution in [0.4, 0.5) is 0 Å². The van der Waals surface area contributed by atoms with Crippen molar-refractivity contribution >= 4 is 43.5 Å². The van der Waals surface area contributed by atoms with Crippen molar-refractivity contribution in [1.82, 2.24) is 14.8 Å². The first kappa shape index (κ1) is 12.1. The minimum absolute atomic E-state index is 0.360. The molecular weight excluding hydrogens is 357 g/mol. The van der Waals surface area contributed by atoms with Gasteiger partial charge in [-0.05, 0) is 18.2 Å². The van der Waals surface area contributed by atoms with Gasteiger partial charge in [0.1, 0.15) is 5.82 Å². The van der Waals surface area contributed by atoms with E-state index in [2.05, 4.69) is 42.1 Å². The quantitative estimate of drug-likeness (QED) is 0.759. The Morgan fingerprint density at radius 2 is 1.81 bits per heavy atom. The van der Waals surface area contributed by atoms with E-state index in [1.807, 2.05) is 29.8 Å². The Hall–Kier alpha value is -0.390. The largest absolute Gasteiger partial charge is 0.313 e. The van der Waals surface area contributed by atoms with E-state index < -0.39 is 0 Å². The van der Waals surface area contributed by atoms with Crippen LogP contribution in [0.25, 0.3) is 11.4 Å². The monoisotopic (exact) mass is 363 g/mol. The van der Waals surface area contributed by atoms with E-state index in [0.29, 0.717) is 5.88 Å². The number of benzene rings is 1. The zero-order valence-corrected chi connectivity index (χ0v) is 12.3. The van der Waals surface area contributed by atoms with Crippen LogP contribution in [0.15, 0.2) is 27.1 Å². The van der Waals surface area contributed by atoms with Gasteiger partial charge in [-0.1, -0.05) is 31.9 Å². The molecule has 2 rings (SSSR count). The lowest BCUT2D eigenvalue weighted by molar-refractivity contribution is 0.853. The number of hydrogen-bond donors (Lipinski definition) is 0. The molecule has 0 fully saturated rings. The standard InChI is InChI=1S/C10H8Br2ClN3/c1-16-9(5-13)14-15-10(16)6-2-7(11)4-8(12)3-6/h2-4H,5H2,1H3. The Labute approximate surface area is 115 Å². The van der Waals surface area contributed by atoms with Crippen molar-refractivity contribution in [1.29, 1.82) is 0 Å². The van der Waals surface area contributed by atoms with E-state index in [1.165, 1.54) is 0 Å². The molecule has 1 aromatic carbocycles. The molecule has 2 aromatic rings. The first-order valence-electron chi connectivity index (χ1n) is 4.52. The molecule has 0 unspecified atom stereocenters. The third-order valence-electron chi connectivity index (χ3n) is 2.21. The molecule has 0 aliphatic rings. The van der Waals surface area contributed by atoms with Gasteiger partial charge in [0.25, 0.3) is 0 Å². The fraction of sp³-hybridized carbons (Fsp3) is 0.200. The van der Waals surface area contributed by atoms with E-state index in [4.69, 9.17) is 11.6 Å². The first-order chi connectivity index (χ1) is 7.61. The normalized spacial score (nSPS) is 10.8. The summed E-state index contributed by atoms with van der Waals surface area (Å²) in [4.78, 5) is 0. The van der Waals surface area contributed by atoms with Crippen molar-refractivity contribution < 1.29 is 0 Å². The molecule has 0 amide bonds. The predicted octanol–water partition coefficient (Wildman–Crippen LogP) is 3.75. The van der Waals surface area contributed by atoms with E-state index in [0.717, 1.165) is 26.2 Å². The Morgan fingerprint density at radius 3 is 2.31 bits per heavy atom. The van der Waals surface area contributed by atoms with Crippen LogP contribution in [0.1, 0.15) is 5.82 Å². The van der Waals surface area contributed by atoms with Crippen molar-refractivity contribution in [3.05, 3.63) is 33.0 Å². The van der Waals surface area contributed by atoms with E-state index in [9.17, 15) is 0 Å². The lowest BCUT2D eigenvalue weighted by Crippen LogP contribution is -1.97. The smallest absolute Gasteiger partial charge is 0.163 e. The molecule has 0 aliphatic heterocycles. The third kappa shape index (κ3) is 2.31. The topological polar surface area (TPSA) is 30.7 Å². The highest BCUT2D eigenvalue weighted by Crippen LogP contribution is 2.26. The highest BCUT2D eigenvalue weighted by Gasteiger charge is 2.10. The summed E-state index contributed by atoms with van der Waals surface area (Å²) in [6.45, 7) is 0. The second-order valence-corrected chi connectivity index (χ2v) is 5.39. The summed E-state index contributed by atoms with van der Waals surface area (Å²) in [7, 11) is 1.90. The van der Waals surface area contributed by atoms with Crippen LogP contribution in [-0.4, -0.2) is 14.8 Å². The van der Waals surface area contributed by atoms with Gasteiger partial charge in [-0.25, -0.2) is 0 Å². The highest BCUT2D eigenvalue weighted by atomic mass is 79.9. The van der Waals surface area contributed by atoms with E-state index in [-0.39, 0.29) is 0 Å². The number of rotatable bonds is 2. The molecule has 1 heterocycles. The van der Waals surface area contributed by atoms with Gasteiger partial charge in [0, 0.05) is 21.6 Å². The maximum Gasteiger partial charge on any atom is 0.163 e. The Bertz CT molecular complexity index is 505. The van der Waals surface area contributed by atoms with Gasteiger partial charge in [-0.3, -0.25) is 0 Å². The van der Waals surface area contributed by atoms with Crippen LogP contribution in [0.5, 0.6) is 0 Å². The van der Waals surface area contributed by atoms with Gasteiger partial charge < -0.3 is 4.57 Å². The van der Waals surface area contributed by atoms with Crippen LogP contribution in [-0.2, 0) is 12.9 Å². The van der Waals surface area contributed by atoms with Crippen LogP contribution in [0, 0.1) is 0 Å². The average Bonchev–Trinajstić information content (AvgIpc) is 2.58. The molecule has 0 aliphatic carbocycles.